The molecule has 17 heavy (non-hydrogen) atoms. The van der Waals surface area contributed by atoms with Crippen LogP contribution in [0.5, 0.6) is 0 Å². The number of carbonyl (C=O) groups is 1. The topological polar surface area (TPSA) is 32.3 Å². The molecule has 0 saturated heterocycles. The highest BCUT2D eigenvalue weighted by atomic mass is 32.1. The Balaban J connectivity index is 2.47. The normalized spacial score (nSPS) is 12.8. The summed E-state index contributed by atoms with van der Waals surface area (Å²) in [6, 6.07) is 4.20. The summed E-state index contributed by atoms with van der Waals surface area (Å²) >= 11 is 1.77. The second kappa shape index (κ2) is 6.77. The van der Waals surface area contributed by atoms with Gasteiger partial charge >= 0.3 is 0 Å². The molecule has 0 radical (unpaired) electrons. The van der Waals surface area contributed by atoms with Gasteiger partial charge in [-0.2, -0.15) is 0 Å². The van der Waals surface area contributed by atoms with Gasteiger partial charge in [0, 0.05) is 9.75 Å². The quantitative estimate of drug-likeness (QED) is 0.844. The Hall–Kier alpha value is -0.870. The lowest BCUT2D eigenvalue weighted by molar-refractivity contribution is -0.125. The van der Waals surface area contributed by atoms with Crippen molar-refractivity contribution in [2.75, 3.05) is 14.1 Å². The molecule has 0 saturated carbocycles. The van der Waals surface area contributed by atoms with Crippen molar-refractivity contribution >= 4 is 17.2 Å². The van der Waals surface area contributed by atoms with Crippen LogP contribution in [0.15, 0.2) is 12.1 Å². The summed E-state index contributed by atoms with van der Waals surface area (Å²) < 4.78 is 0. The fourth-order valence-electron chi connectivity index (χ4n) is 1.78. The van der Waals surface area contributed by atoms with Gasteiger partial charge in [-0.05, 0) is 39.1 Å². The molecule has 1 N–H and O–H groups in total. The van der Waals surface area contributed by atoms with Crippen LogP contribution in [-0.4, -0.2) is 30.9 Å². The van der Waals surface area contributed by atoms with Gasteiger partial charge in [0.2, 0.25) is 5.91 Å². The molecular formula is C13H22N2OS. The lowest BCUT2D eigenvalue weighted by atomic mass is 10.2. The Morgan fingerprint density at radius 3 is 2.47 bits per heavy atom. The van der Waals surface area contributed by atoms with Crippen LogP contribution in [0.3, 0.4) is 0 Å². The van der Waals surface area contributed by atoms with Gasteiger partial charge in [0.15, 0.2) is 0 Å². The zero-order chi connectivity index (χ0) is 12.8. The van der Waals surface area contributed by atoms with Crippen LogP contribution in [-0.2, 0) is 17.8 Å². The SMILES string of the molecule is CCc1ccc(CNC(=O)[C@H](CC)N(C)C)s1. The van der Waals surface area contributed by atoms with Crippen LogP contribution in [0, 0.1) is 0 Å². The van der Waals surface area contributed by atoms with E-state index >= 15 is 0 Å². The van der Waals surface area contributed by atoms with E-state index in [0.29, 0.717) is 6.54 Å². The van der Waals surface area contributed by atoms with Crippen molar-refractivity contribution in [3.63, 3.8) is 0 Å². The van der Waals surface area contributed by atoms with E-state index in [-0.39, 0.29) is 11.9 Å². The molecule has 1 atom stereocenters. The number of hydrogen-bond donors (Lipinski definition) is 1. The molecule has 0 spiro atoms. The third-order valence-corrected chi connectivity index (χ3v) is 4.04. The van der Waals surface area contributed by atoms with Gasteiger partial charge in [-0.15, -0.1) is 11.3 Å². The maximum absolute atomic E-state index is 11.9. The predicted molar refractivity (Wildman–Crippen MR) is 73.3 cm³/mol. The van der Waals surface area contributed by atoms with E-state index in [2.05, 4.69) is 24.4 Å². The van der Waals surface area contributed by atoms with Gasteiger partial charge < -0.3 is 5.32 Å². The van der Waals surface area contributed by atoms with Crippen molar-refractivity contribution in [2.45, 2.75) is 39.3 Å². The molecule has 0 aliphatic heterocycles. The van der Waals surface area contributed by atoms with Crippen LogP contribution in [0.1, 0.15) is 30.0 Å². The Morgan fingerprint density at radius 1 is 1.35 bits per heavy atom. The summed E-state index contributed by atoms with van der Waals surface area (Å²) in [4.78, 5) is 16.5. The number of thiophene rings is 1. The van der Waals surface area contributed by atoms with E-state index in [1.165, 1.54) is 9.75 Å². The zero-order valence-corrected chi connectivity index (χ0v) is 11.9. The van der Waals surface area contributed by atoms with Gasteiger partial charge in [-0.3, -0.25) is 9.69 Å². The van der Waals surface area contributed by atoms with E-state index in [1.54, 1.807) is 11.3 Å². The molecule has 1 rings (SSSR count). The molecule has 0 aliphatic carbocycles. The van der Waals surface area contributed by atoms with Crippen LogP contribution in [0.2, 0.25) is 0 Å². The minimum absolute atomic E-state index is 0.0272. The number of hydrogen-bond acceptors (Lipinski definition) is 3. The third kappa shape index (κ3) is 4.13. The van der Waals surface area contributed by atoms with Gasteiger partial charge in [0.05, 0.1) is 12.6 Å². The Labute approximate surface area is 108 Å². The molecule has 0 aromatic carbocycles. The summed E-state index contributed by atoms with van der Waals surface area (Å²) in [5, 5.41) is 3.00. The van der Waals surface area contributed by atoms with E-state index in [0.717, 1.165) is 12.8 Å². The summed E-state index contributed by atoms with van der Waals surface area (Å²) in [6.07, 6.45) is 1.90. The van der Waals surface area contributed by atoms with Gasteiger partial charge in [-0.1, -0.05) is 13.8 Å². The first-order valence-electron chi connectivity index (χ1n) is 6.10. The number of rotatable bonds is 6. The van der Waals surface area contributed by atoms with Gasteiger partial charge in [-0.25, -0.2) is 0 Å². The molecule has 1 aromatic heterocycles. The Morgan fingerprint density at radius 2 is 2.00 bits per heavy atom. The number of likely N-dealkylation sites (N-methyl/N-ethyl adjacent to an activating group) is 1. The summed E-state index contributed by atoms with van der Waals surface area (Å²) in [7, 11) is 3.88. The van der Waals surface area contributed by atoms with Crippen LogP contribution in [0.4, 0.5) is 0 Å². The molecule has 1 amide bonds. The number of nitrogens with zero attached hydrogens (tertiary/aromatic N) is 1. The Bertz CT molecular complexity index is 360. The third-order valence-electron chi connectivity index (χ3n) is 2.82. The number of aryl methyl sites for hydroxylation is 1. The highest BCUT2D eigenvalue weighted by Gasteiger charge is 2.17. The highest BCUT2D eigenvalue weighted by Crippen LogP contribution is 2.16. The molecule has 0 aliphatic rings. The molecular weight excluding hydrogens is 232 g/mol. The summed E-state index contributed by atoms with van der Waals surface area (Å²) in [5.41, 5.74) is 0. The average Bonchev–Trinajstić information content (AvgIpc) is 2.74. The lowest BCUT2D eigenvalue weighted by Gasteiger charge is -2.21. The van der Waals surface area contributed by atoms with Crippen molar-refractivity contribution in [1.82, 2.24) is 10.2 Å². The first-order valence-corrected chi connectivity index (χ1v) is 6.91. The summed E-state index contributed by atoms with van der Waals surface area (Å²) in [6.45, 7) is 4.83. The standard InChI is InChI=1S/C13H22N2OS/c1-5-10-7-8-11(17-10)9-14-13(16)12(6-2)15(3)4/h7-8,12H,5-6,9H2,1-4H3,(H,14,16)/t12-/m0/s1. The van der Waals surface area contributed by atoms with Crippen LogP contribution in [0.25, 0.3) is 0 Å². The molecule has 3 nitrogen and oxygen atoms in total. The monoisotopic (exact) mass is 254 g/mol. The lowest BCUT2D eigenvalue weighted by Crippen LogP contribution is -2.42. The van der Waals surface area contributed by atoms with Gasteiger partial charge in [0.25, 0.3) is 0 Å². The van der Waals surface area contributed by atoms with E-state index in [9.17, 15) is 4.79 Å². The molecule has 0 unspecified atom stereocenters. The van der Waals surface area contributed by atoms with Crippen molar-refractivity contribution in [3.05, 3.63) is 21.9 Å². The highest BCUT2D eigenvalue weighted by molar-refractivity contribution is 7.11. The minimum Gasteiger partial charge on any atom is -0.350 e. The molecule has 0 fully saturated rings. The van der Waals surface area contributed by atoms with Crippen molar-refractivity contribution in [1.29, 1.82) is 0 Å². The first-order chi connectivity index (χ1) is 8.08. The average molecular weight is 254 g/mol. The van der Waals surface area contributed by atoms with Crippen molar-refractivity contribution in [3.8, 4) is 0 Å². The van der Waals surface area contributed by atoms with Crippen LogP contribution < -0.4 is 5.32 Å². The maximum atomic E-state index is 11.9. The fraction of sp³-hybridized carbons (Fsp3) is 0.615. The second-order valence-corrected chi connectivity index (χ2v) is 5.58. The zero-order valence-electron chi connectivity index (χ0n) is 11.1. The number of carbonyl (C=O) groups excluding carboxylic acids is 1. The Kier molecular flexibility index (Phi) is 5.65. The van der Waals surface area contributed by atoms with E-state index < -0.39 is 0 Å². The largest absolute Gasteiger partial charge is 0.350 e. The first kappa shape index (κ1) is 14.2. The van der Waals surface area contributed by atoms with E-state index in [4.69, 9.17) is 0 Å². The second-order valence-electron chi connectivity index (χ2n) is 4.33. The van der Waals surface area contributed by atoms with Crippen LogP contribution >= 0.6 is 11.3 Å². The summed E-state index contributed by atoms with van der Waals surface area (Å²) in [5.74, 6) is 0.115. The molecule has 0 bridgehead atoms. The molecule has 4 heteroatoms. The molecule has 1 aromatic rings. The molecule has 96 valence electrons. The number of amides is 1. The molecule has 1 heterocycles. The minimum atomic E-state index is -0.0272. The predicted octanol–water partition coefficient (Wildman–Crippen LogP) is 2.27. The van der Waals surface area contributed by atoms with E-state index in [1.807, 2.05) is 25.9 Å². The number of nitrogens with one attached hydrogen (secondary N) is 1. The van der Waals surface area contributed by atoms with Crippen molar-refractivity contribution in [2.24, 2.45) is 0 Å². The smallest absolute Gasteiger partial charge is 0.237 e. The maximum Gasteiger partial charge on any atom is 0.237 e. The van der Waals surface area contributed by atoms with Gasteiger partial charge in [0.1, 0.15) is 0 Å². The van der Waals surface area contributed by atoms with Crippen molar-refractivity contribution < 1.29 is 4.79 Å². The fourth-order valence-corrected chi connectivity index (χ4v) is 2.68.